The van der Waals surface area contributed by atoms with Gasteiger partial charge in [0.15, 0.2) is 0 Å². The van der Waals surface area contributed by atoms with E-state index in [1.807, 2.05) is 0 Å². The van der Waals surface area contributed by atoms with Crippen LogP contribution in [-0.4, -0.2) is 11.1 Å². The Bertz CT molecular complexity index is 165. The molecule has 0 aromatic heterocycles. The summed E-state index contributed by atoms with van der Waals surface area (Å²) < 4.78 is 0. The molecule has 0 spiro atoms. The van der Waals surface area contributed by atoms with Gasteiger partial charge in [0.25, 0.3) is 0 Å². The zero-order valence-electron chi connectivity index (χ0n) is 5.92. The van der Waals surface area contributed by atoms with Crippen LogP contribution in [-0.2, 0) is 4.79 Å². The summed E-state index contributed by atoms with van der Waals surface area (Å²) in [5.74, 6) is 0.736. The highest BCUT2D eigenvalue weighted by Gasteiger charge is 2.42. The average molecular weight is 140 g/mol. The molecular formula is C8H12O2. The van der Waals surface area contributed by atoms with Crippen molar-refractivity contribution in [3.63, 3.8) is 0 Å². The first-order valence-corrected chi connectivity index (χ1v) is 4.00. The summed E-state index contributed by atoms with van der Waals surface area (Å²) in [4.78, 5) is 10.6. The van der Waals surface area contributed by atoms with Gasteiger partial charge in [0.1, 0.15) is 0 Å². The Balaban J connectivity index is 2.08. The molecule has 2 aliphatic rings. The van der Waals surface area contributed by atoms with E-state index in [9.17, 15) is 4.79 Å². The van der Waals surface area contributed by atoms with E-state index in [2.05, 4.69) is 0 Å². The molecule has 2 rings (SSSR count). The number of carboxylic acids is 1. The lowest BCUT2D eigenvalue weighted by atomic mass is 9.89. The van der Waals surface area contributed by atoms with Gasteiger partial charge in [-0.15, -0.1) is 0 Å². The predicted molar refractivity (Wildman–Crippen MR) is 36.6 cm³/mol. The number of hydrogen-bond donors (Lipinski definition) is 1. The van der Waals surface area contributed by atoms with Crippen molar-refractivity contribution in [2.45, 2.75) is 25.7 Å². The molecule has 0 saturated heterocycles. The molecule has 10 heavy (non-hydrogen) atoms. The standard InChI is InChI=1S/C8H12O2/c9-8(10)7-4-5-1-2-6(7)3-5/h5-7H,1-4H2,(H,9,10)/t5-,6?,7?/m1/s1. The van der Waals surface area contributed by atoms with Gasteiger partial charge in [-0.25, -0.2) is 0 Å². The van der Waals surface area contributed by atoms with Gasteiger partial charge in [-0.2, -0.15) is 0 Å². The molecule has 2 fully saturated rings. The molecule has 0 heterocycles. The normalized spacial score (nSPS) is 44.2. The Labute approximate surface area is 60.2 Å². The fourth-order valence-corrected chi connectivity index (χ4v) is 2.55. The molecule has 0 aliphatic heterocycles. The predicted octanol–water partition coefficient (Wildman–Crippen LogP) is 1.51. The number of carboxylic acid groups (broad SMARTS) is 1. The number of hydrogen-bond acceptors (Lipinski definition) is 1. The zero-order chi connectivity index (χ0) is 7.14. The van der Waals surface area contributed by atoms with Crippen molar-refractivity contribution in [1.29, 1.82) is 0 Å². The topological polar surface area (TPSA) is 37.3 Å². The lowest BCUT2D eigenvalue weighted by Gasteiger charge is -2.16. The van der Waals surface area contributed by atoms with E-state index in [1.165, 1.54) is 19.3 Å². The van der Waals surface area contributed by atoms with E-state index in [4.69, 9.17) is 5.11 Å². The van der Waals surface area contributed by atoms with Crippen molar-refractivity contribution in [3.8, 4) is 0 Å². The van der Waals surface area contributed by atoms with Crippen molar-refractivity contribution in [2.75, 3.05) is 0 Å². The molecule has 3 atom stereocenters. The fourth-order valence-electron chi connectivity index (χ4n) is 2.55. The monoisotopic (exact) mass is 140 g/mol. The average Bonchev–Trinajstić information content (AvgIpc) is 2.44. The maximum absolute atomic E-state index is 10.6. The number of fused-ring (bicyclic) bond motifs is 2. The van der Waals surface area contributed by atoms with Crippen molar-refractivity contribution in [1.82, 2.24) is 0 Å². The summed E-state index contributed by atoms with van der Waals surface area (Å²) >= 11 is 0. The van der Waals surface area contributed by atoms with Crippen LogP contribution in [0.15, 0.2) is 0 Å². The largest absolute Gasteiger partial charge is 0.481 e. The van der Waals surface area contributed by atoms with Crippen LogP contribution >= 0.6 is 0 Å². The fraction of sp³-hybridized carbons (Fsp3) is 0.875. The highest BCUT2D eigenvalue weighted by Crippen LogP contribution is 2.48. The van der Waals surface area contributed by atoms with E-state index in [0.717, 1.165) is 12.3 Å². The lowest BCUT2D eigenvalue weighted by molar-refractivity contribution is -0.143. The van der Waals surface area contributed by atoms with Crippen LogP contribution < -0.4 is 0 Å². The first kappa shape index (κ1) is 6.20. The molecule has 2 nitrogen and oxygen atoms in total. The summed E-state index contributed by atoms with van der Waals surface area (Å²) in [6, 6.07) is 0. The molecule has 0 aromatic carbocycles. The van der Waals surface area contributed by atoms with Crippen molar-refractivity contribution in [2.24, 2.45) is 17.8 Å². The van der Waals surface area contributed by atoms with Gasteiger partial charge in [0.2, 0.25) is 0 Å². The molecule has 2 unspecified atom stereocenters. The first-order chi connectivity index (χ1) is 4.77. The summed E-state index contributed by atoms with van der Waals surface area (Å²) in [5.41, 5.74) is 0. The Morgan fingerprint density at radius 1 is 1.30 bits per heavy atom. The molecule has 2 bridgehead atoms. The van der Waals surface area contributed by atoms with Gasteiger partial charge in [-0.05, 0) is 31.1 Å². The molecule has 2 saturated carbocycles. The molecule has 2 aliphatic carbocycles. The second-order valence-electron chi connectivity index (χ2n) is 3.62. The Hall–Kier alpha value is -0.530. The van der Waals surface area contributed by atoms with E-state index >= 15 is 0 Å². The summed E-state index contributed by atoms with van der Waals surface area (Å²) in [5, 5.41) is 8.74. The Morgan fingerprint density at radius 2 is 2.10 bits per heavy atom. The number of rotatable bonds is 1. The minimum Gasteiger partial charge on any atom is -0.481 e. The summed E-state index contributed by atoms with van der Waals surface area (Å²) in [6.07, 6.45) is 4.60. The van der Waals surface area contributed by atoms with Gasteiger partial charge in [0, 0.05) is 0 Å². The number of carbonyl (C=O) groups is 1. The molecular weight excluding hydrogens is 128 g/mol. The molecule has 1 N–H and O–H groups in total. The smallest absolute Gasteiger partial charge is 0.306 e. The van der Waals surface area contributed by atoms with Crippen LogP contribution in [0, 0.1) is 17.8 Å². The van der Waals surface area contributed by atoms with Gasteiger partial charge in [-0.1, -0.05) is 6.42 Å². The van der Waals surface area contributed by atoms with Crippen molar-refractivity contribution in [3.05, 3.63) is 0 Å². The van der Waals surface area contributed by atoms with Crippen LogP contribution in [0.2, 0.25) is 0 Å². The van der Waals surface area contributed by atoms with Crippen LogP contribution in [0.1, 0.15) is 25.7 Å². The third-order valence-corrected chi connectivity index (χ3v) is 3.06. The van der Waals surface area contributed by atoms with Crippen LogP contribution in [0.5, 0.6) is 0 Å². The SMILES string of the molecule is O=C(O)C1C[C@@H]2CCC1C2. The lowest BCUT2D eigenvalue weighted by Crippen LogP contribution is -2.19. The Morgan fingerprint density at radius 3 is 2.40 bits per heavy atom. The molecule has 2 heteroatoms. The van der Waals surface area contributed by atoms with Gasteiger partial charge in [-0.3, -0.25) is 4.79 Å². The van der Waals surface area contributed by atoms with E-state index < -0.39 is 5.97 Å². The highest BCUT2D eigenvalue weighted by molar-refractivity contribution is 5.71. The van der Waals surface area contributed by atoms with Crippen LogP contribution in [0.3, 0.4) is 0 Å². The van der Waals surface area contributed by atoms with Gasteiger partial charge < -0.3 is 5.11 Å². The molecule has 0 radical (unpaired) electrons. The third kappa shape index (κ3) is 0.746. The second kappa shape index (κ2) is 1.97. The van der Waals surface area contributed by atoms with E-state index in [1.54, 1.807) is 0 Å². The van der Waals surface area contributed by atoms with Gasteiger partial charge in [0.05, 0.1) is 5.92 Å². The van der Waals surface area contributed by atoms with Gasteiger partial charge >= 0.3 is 5.97 Å². The molecule has 56 valence electrons. The van der Waals surface area contributed by atoms with Crippen LogP contribution in [0.4, 0.5) is 0 Å². The summed E-state index contributed by atoms with van der Waals surface area (Å²) in [7, 11) is 0. The zero-order valence-corrected chi connectivity index (χ0v) is 5.92. The van der Waals surface area contributed by atoms with Crippen molar-refractivity contribution < 1.29 is 9.90 Å². The highest BCUT2D eigenvalue weighted by atomic mass is 16.4. The maximum Gasteiger partial charge on any atom is 0.306 e. The second-order valence-corrected chi connectivity index (χ2v) is 3.62. The Kier molecular flexibility index (Phi) is 1.22. The van der Waals surface area contributed by atoms with E-state index in [0.29, 0.717) is 5.92 Å². The van der Waals surface area contributed by atoms with Crippen LogP contribution in [0.25, 0.3) is 0 Å². The third-order valence-electron chi connectivity index (χ3n) is 3.06. The minimum absolute atomic E-state index is 0.0127. The first-order valence-electron chi connectivity index (χ1n) is 4.00. The number of aliphatic carboxylic acids is 1. The minimum atomic E-state index is -0.563. The van der Waals surface area contributed by atoms with Crippen molar-refractivity contribution >= 4 is 5.97 Å². The molecule has 0 aromatic rings. The maximum atomic E-state index is 10.6. The summed E-state index contributed by atoms with van der Waals surface area (Å²) in [6.45, 7) is 0. The quantitative estimate of drug-likeness (QED) is 0.599. The van der Waals surface area contributed by atoms with E-state index in [-0.39, 0.29) is 5.92 Å². The molecule has 0 amide bonds.